The first-order chi connectivity index (χ1) is 9.08. The first-order valence-electron chi connectivity index (χ1n) is 5.80. The van der Waals surface area contributed by atoms with E-state index in [1.807, 2.05) is 0 Å². The van der Waals surface area contributed by atoms with Crippen LogP contribution in [0.15, 0.2) is 21.2 Å². The molecule has 0 radical (unpaired) electrons. The largest absolute Gasteiger partial charge is 0.469 e. The molecule has 1 amide bonds. The summed E-state index contributed by atoms with van der Waals surface area (Å²) in [5.74, 6) is -0.514. The lowest BCUT2D eigenvalue weighted by atomic mass is 10.3. The average molecular weight is 334 g/mol. The first kappa shape index (κ1) is 15.7. The summed E-state index contributed by atoms with van der Waals surface area (Å²) in [4.78, 5) is 24.7. The summed E-state index contributed by atoms with van der Waals surface area (Å²) in [6.45, 7) is 0.554. The summed E-state index contributed by atoms with van der Waals surface area (Å²) in [5.41, 5.74) is 0. The van der Waals surface area contributed by atoms with Crippen molar-refractivity contribution in [3.05, 3.63) is 22.6 Å². The Kier molecular flexibility index (Phi) is 6.58. The molecule has 0 saturated heterocycles. The summed E-state index contributed by atoms with van der Waals surface area (Å²) >= 11 is 3.12. The number of hydrogen-bond donors (Lipinski definition) is 1. The van der Waals surface area contributed by atoms with E-state index in [0.717, 1.165) is 0 Å². The van der Waals surface area contributed by atoms with Crippen LogP contribution in [0.2, 0.25) is 0 Å². The van der Waals surface area contributed by atoms with Gasteiger partial charge in [0, 0.05) is 19.7 Å². The highest BCUT2D eigenvalue weighted by molar-refractivity contribution is 9.10. The minimum Gasteiger partial charge on any atom is -0.469 e. The van der Waals surface area contributed by atoms with Crippen LogP contribution in [0.4, 0.5) is 0 Å². The lowest BCUT2D eigenvalue weighted by Crippen LogP contribution is -2.34. The van der Waals surface area contributed by atoms with Crippen LogP contribution in [0.25, 0.3) is 0 Å². The van der Waals surface area contributed by atoms with Crippen molar-refractivity contribution in [2.45, 2.75) is 12.8 Å². The van der Waals surface area contributed by atoms with Crippen molar-refractivity contribution in [3.8, 4) is 0 Å². The van der Waals surface area contributed by atoms with Crippen LogP contribution < -0.4 is 0 Å². The van der Waals surface area contributed by atoms with Gasteiger partial charge in [0.15, 0.2) is 10.4 Å². The number of amides is 1. The van der Waals surface area contributed by atoms with Gasteiger partial charge in [0.2, 0.25) is 0 Å². The molecule has 0 unspecified atom stereocenters. The monoisotopic (exact) mass is 333 g/mol. The Morgan fingerprint density at radius 1 is 1.42 bits per heavy atom. The van der Waals surface area contributed by atoms with Crippen molar-refractivity contribution in [2.24, 2.45) is 0 Å². The molecule has 7 heteroatoms. The molecule has 0 fully saturated rings. The van der Waals surface area contributed by atoms with Gasteiger partial charge in [-0.25, -0.2) is 0 Å². The Hall–Kier alpha value is -1.34. The molecule has 1 heterocycles. The summed E-state index contributed by atoms with van der Waals surface area (Å²) < 4.78 is 10.2. The molecule has 0 saturated carbocycles. The zero-order valence-corrected chi connectivity index (χ0v) is 12.2. The maximum atomic E-state index is 12.1. The molecule has 0 spiro atoms. The van der Waals surface area contributed by atoms with E-state index in [9.17, 15) is 9.59 Å². The topological polar surface area (TPSA) is 80.0 Å². The zero-order chi connectivity index (χ0) is 14.3. The maximum Gasteiger partial charge on any atom is 0.307 e. The van der Waals surface area contributed by atoms with Gasteiger partial charge >= 0.3 is 5.97 Å². The Morgan fingerprint density at radius 3 is 2.68 bits per heavy atom. The summed E-state index contributed by atoms with van der Waals surface area (Å²) in [5, 5.41) is 8.83. The van der Waals surface area contributed by atoms with E-state index in [2.05, 4.69) is 20.7 Å². The number of ether oxygens (including phenoxy) is 1. The fourth-order valence-corrected chi connectivity index (χ4v) is 1.80. The lowest BCUT2D eigenvalue weighted by molar-refractivity contribution is -0.140. The third-order valence-electron chi connectivity index (χ3n) is 2.47. The molecule has 106 valence electrons. The lowest BCUT2D eigenvalue weighted by Gasteiger charge is -2.20. The number of esters is 1. The molecule has 0 atom stereocenters. The fraction of sp³-hybridized carbons (Fsp3) is 0.500. The number of aliphatic hydroxyl groups excluding tert-OH is 1. The average Bonchev–Trinajstić information content (AvgIpc) is 2.84. The number of carbonyl (C=O) groups is 2. The van der Waals surface area contributed by atoms with Crippen LogP contribution >= 0.6 is 15.9 Å². The van der Waals surface area contributed by atoms with Crippen molar-refractivity contribution in [1.82, 2.24) is 4.90 Å². The fourth-order valence-electron chi connectivity index (χ4n) is 1.49. The van der Waals surface area contributed by atoms with Gasteiger partial charge in [-0.3, -0.25) is 9.59 Å². The first-order valence-corrected chi connectivity index (χ1v) is 6.60. The van der Waals surface area contributed by atoms with Crippen molar-refractivity contribution in [2.75, 3.05) is 26.8 Å². The second-order valence-electron chi connectivity index (χ2n) is 3.80. The molecule has 1 aromatic heterocycles. The number of nitrogens with zero attached hydrogens (tertiary/aromatic N) is 1. The van der Waals surface area contributed by atoms with Crippen molar-refractivity contribution in [1.29, 1.82) is 0 Å². The SMILES string of the molecule is COC(=O)CCN(CCCO)C(=O)c1ccc(Br)o1. The zero-order valence-electron chi connectivity index (χ0n) is 10.6. The van der Waals surface area contributed by atoms with Gasteiger partial charge in [-0.2, -0.15) is 0 Å². The predicted molar refractivity (Wildman–Crippen MR) is 70.6 cm³/mol. The number of furan rings is 1. The van der Waals surface area contributed by atoms with Crippen LogP contribution in [0.1, 0.15) is 23.4 Å². The van der Waals surface area contributed by atoms with Gasteiger partial charge < -0.3 is 19.2 Å². The van der Waals surface area contributed by atoms with Crippen molar-refractivity contribution >= 4 is 27.8 Å². The molecule has 0 aliphatic heterocycles. The number of rotatable bonds is 7. The summed E-state index contributed by atoms with van der Waals surface area (Å²) in [6, 6.07) is 3.17. The number of halogens is 1. The predicted octanol–water partition coefficient (Wildman–Crippen LogP) is 1.43. The van der Waals surface area contributed by atoms with Crippen LogP contribution in [-0.4, -0.2) is 48.7 Å². The molecule has 0 aliphatic rings. The standard InChI is InChI=1S/C12H16BrNO5/c1-18-11(16)5-7-14(6-2-8-15)12(17)9-3-4-10(13)19-9/h3-4,15H,2,5-8H2,1H3. The second kappa shape index (κ2) is 7.96. The number of methoxy groups -OCH3 is 1. The number of aliphatic hydroxyl groups is 1. The van der Waals surface area contributed by atoms with Crippen LogP contribution in [0.5, 0.6) is 0 Å². The van der Waals surface area contributed by atoms with E-state index in [-0.39, 0.29) is 37.2 Å². The van der Waals surface area contributed by atoms with Gasteiger partial charge in [0.25, 0.3) is 5.91 Å². The highest BCUT2D eigenvalue weighted by Gasteiger charge is 2.19. The van der Waals surface area contributed by atoms with E-state index in [4.69, 9.17) is 9.52 Å². The Labute approximate surface area is 119 Å². The Balaban J connectivity index is 2.66. The Bertz CT molecular complexity index is 432. The Morgan fingerprint density at radius 2 is 2.16 bits per heavy atom. The third-order valence-corrected chi connectivity index (χ3v) is 2.90. The number of carbonyl (C=O) groups excluding carboxylic acids is 2. The second-order valence-corrected chi connectivity index (χ2v) is 4.58. The normalized spacial score (nSPS) is 10.3. The van der Waals surface area contributed by atoms with E-state index >= 15 is 0 Å². The highest BCUT2D eigenvalue weighted by Crippen LogP contribution is 2.16. The molecule has 0 aromatic carbocycles. The molecule has 1 rings (SSSR count). The molecular weight excluding hydrogens is 318 g/mol. The van der Waals surface area contributed by atoms with Crippen molar-refractivity contribution in [3.63, 3.8) is 0 Å². The molecule has 1 aromatic rings. The smallest absolute Gasteiger partial charge is 0.307 e. The molecule has 0 aliphatic carbocycles. The number of hydrogen-bond acceptors (Lipinski definition) is 5. The van der Waals surface area contributed by atoms with Crippen LogP contribution in [0.3, 0.4) is 0 Å². The van der Waals surface area contributed by atoms with Gasteiger partial charge in [0.05, 0.1) is 13.5 Å². The minimum atomic E-state index is -0.387. The van der Waals surface area contributed by atoms with E-state index < -0.39 is 0 Å². The van der Waals surface area contributed by atoms with Crippen LogP contribution in [0, 0.1) is 0 Å². The van der Waals surface area contributed by atoms with E-state index in [1.165, 1.54) is 12.0 Å². The molecular formula is C12H16BrNO5. The third kappa shape index (κ3) is 5.04. The quantitative estimate of drug-likeness (QED) is 0.763. The summed E-state index contributed by atoms with van der Waals surface area (Å²) in [6.07, 6.45) is 0.546. The molecule has 19 heavy (non-hydrogen) atoms. The van der Waals surface area contributed by atoms with Gasteiger partial charge in [-0.1, -0.05) is 0 Å². The molecule has 6 nitrogen and oxygen atoms in total. The van der Waals surface area contributed by atoms with E-state index in [0.29, 0.717) is 17.6 Å². The minimum absolute atomic E-state index is 0.0240. The van der Waals surface area contributed by atoms with E-state index in [1.54, 1.807) is 12.1 Å². The summed E-state index contributed by atoms with van der Waals surface area (Å²) in [7, 11) is 1.30. The molecule has 1 N–H and O–H groups in total. The molecule has 0 bridgehead atoms. The van der Waals surface area contributed by atoms with Gasteiger partial charge in [-0.15, -0.1) is 0 Å². The van der Waals surface area contributed by atoms with Crippen LogP contribution in [-0.2, 0) is 9.53 Å². The highest BCUT2D eigenvalue weighted by atomic mass is 79.9. The van der Waals surface area contributed by atoms with Crippen molar-refractivity contribution < 1.29 is 23.8 Å². The van der Waals surface area contributed by atoms with Gasteiger partial charge in [-0.05, 0) is 34.5 Å². The van der Waals surface area contributed by atoms with Gasteiger partial charge in [0.1, 0.15) is 0 Å². The maximum absolute atomic E-state index is 12.1.